The fraction of sp³-hybridized carbons (Fsp3) is 0.357. The lowest BCUT2D eigenvalue weighted by Gasteiger charge is -2.09. The highest BCUT2D eigenvalue weighted by atomic mass is 32.2. The van der Waals surface area contributed by atoms with Crippen molar-refractivity contribution in [1.29, 1.82) is 0 Å². The standard InChI is InChI=1S/C14H18N2S2/c1-10-4-3-5-13(6-10)17-9-12(15)7-14-16-11(2)8-18-14/h3-6,8,12H,7,9,15H2,1-2H3. The van der Waals surface area contributed by atoms with E-state index >= 15 is 0 Å². The third kappa shape index (κ3) is 4.12. The Balaban J connectivity index is 1.83. The number of aromatic nitrogens is 1. The molecule has 2 aromatic rings. The highest BCUT2D eigenvalue weighted by molar-refractivity contribution is 7.99. The zero-order valence-corrected chi connectivity index (χ0v) is 12.4. The zero-order chi connectivity index (χ0) is 13.0. The molecule has 0 aliphatic carbocycles. The maximum atomic E-state index is 6.15. The SMILES string of the molecule is Cc1cccc(SCC(N)Cc2nc(C)cs2)c1. The highest BCUT2D eigenvalue weighted by Gasteiger charge is 2.08. The van der Waals surface area contributed by atoms with Gasteiger partial charge < -0.3 is 5.73 Å². The van der Waals surface area contributed by atoms with Crippen LogP contribution in [-0.4, -0.2) is 16.8 Å². The largest absolute Gasteiger partial charge is 0.327 e. The molecule has 2 rings (SSSR count). The summed E-state index contributed by atoms with van der Waals surface area (Å²) in [5.41, 5.74) is 8.53. The number of aryl methyl sites for hydroxylation is 2. The van der Waals surface area contributed by atoms with E-state index < -0.39 is 0 Å². The molecule has 0 saturated carbocycles. The zero-order valence-electron chi connectivity index (χ0n) is 10.7. The van der Waals surface area contributed by atoms with Crippen LogP contribution in [-0.2, 0) is 6.42 Å². The summed E-state index contributed by atoms with van der Waals surface area (Å²) in [5.74, 6) is 0.933. The Kier molecular flexibility index (Phi) is 4.80. The molecular weight excluding hydrogens is 260 g/mol. The molecule has 2 nitrogen and oxygen atoms in total. The minimum Gasteiger partial charge on any atom is -0.327 e. The summed E-state index contributed by atoms with van der Waals surface area (Å²) in [6.45, 7) is 4.13. The summed E-state index contributed by atoms with van der Waals surface area (Å²) in [5, 5.41) is 3.22. The number of rotatable bonds is 5. The van der Waals surface area contributed by atoms with E-state index in [1.807, 2.05) is 18.7 Å². The molecule has 0 amide bonds. The van der Waals surface area contributed by atoms with Crippen LogP contribution in [0.3, 0.4) is 0 Å². The second kappa shape index (κ2) is 6.36. The van der Waals surface area contributed by atoms with E-state index in [1.54, 1.807) is 11.3 Å². The van der Waals surface area contributed by atoms with Gasteiger partial charge in [0.1, 0.15) is 0 Å². The van der Waals surface area contributed by atoms with Crippen molar-refractivity contribution < 1.29 is 0 Å². The van der Waals surface area contributed by atoms with Gasteiger partial charge in [0.25, 0.3) is 0 Å². The molecule has 0 fully saturated rings. The predicted molar refractivity (Wildman–Crippen MR) is 80.4 cm³/mol. The summed E-state index contributed by atoms with van der Waals surface area (Å²) < 4.78 is 0. The van der Waals surface area contributed by atoms with E-state index in [9.17, 15) is 0 Å². The Labute approximate surface area is 117 Å². The Morgan fingerprint density at radius 3 is 2.89 bits per heavy atom. The van der Waals surface area contributed by atoms with E-state index in [1.165, 1.54) is 10.5 Å². The Bertz CT molecular complexity index is 508. The van der Waals surface area contributed by atoms with Crippen LogP contribution in [0.1, 0.15) is 16.3 Å². The fourth-order valence-corrected chi connectivity index (χ4v) is 3.52. The first kappa shape index (κ1) is 13.6. The molecule has 1 unspecified atom stereocenters. The van der Waals surface area contributed by atoms with Crippen molar-refractivity contribution in [2.45, 2.75) is 31.2 Å². The van der Waals surface area contributed by atoms with Crippen molar-refractivity contribution in [2.75, 3.05) is 5.75 Å². The number of benzene rings is 1. The maximum Gasteiger partial charge on any atom is 0.0943 e. The van der Waals surface area contributed by atoms with Gasteiger partial charge in [-0.15, -0.1) is 23.1 Å². The van der Waals surface area contributed by atoms with E-state index in [-0.39, 0.29) is 6.04 Å². The first-order valence-corrected chi connectivity index (χ1v) is 7.86. The minimum absolute atomic E-state index is 0.168. The van der Waals surface area contributed by atoms with Crippen molar-refractivity contribution in [1.82, 2.24) is 4.98 Å². The van der Waals surface area contributed by atoms with E-state index in [2.05, 4.69) is 41.6 Å². The van der Waals surface area contributed by atoms with E-state index in [4.69, 9.17) is 5.73 Å². The van der Waals surface area contributed by atoms with Crippen molar-refractivity contribution in [3.8, 4) is 0 Å². The number of nitrogens with zero attached hydrogens (tertiary/aromatic N) is 1. The lowest BCUT2D eigenvalue weighted by Crippen LogP contribution is -2.25. The first-order chi connectivity index (χ1) is 8.63. The van der Waals surface area contributed by atoms with Gasteiger partial charge in [0, 0.05) is 34.2 Å². The Morgan fingerprint density at radius 1 is 1.39 bits per heavy atom. The molecule has 1 aromatic carbocycles. The molecule has 1 atom stereocenters. The molecule has 0 bridgehead atoms. The average molecular weight is 278 g/mol. The minimum atomic E-state index is 0.168. The molecule has 0 aliphatic rings. The number of thiazole rings is 1. The molecule has 0 saturated heterocycles. The van der Waals surface area contributed by atoms with Crippen molar-refractivity contribution in [3.05, 3.63) is 45.9 Å². The third-order valence-corrected chi connectivity index (χ3v) is 4.73. The number of nitrogens with two attached hydrogens (primary N) is 1. The number of hydrogen-bond donors (Lipinski definition) is 1. The van der Waals surface area contributed by atoms with Crippen LogP contribution in [0.25, 0.3) is 0 Å². The molecule has 2 N–H and O–H groups in total. The monoisotopic (exact) mass is 278 g/mol. The van der Waals surface area contributed by atoms with Crippen LogP contribution in [0.4, 0.5) is 0 Å². The number of thioether (sulfide) groups is 1. The van der Waals surface area contributed by atoms with Crippen LogP contribution >= 0.6 is 23.1 Å². The molecule has 1 heterocycles. The van der Waals surface area contributed by atoms with Crippen molar-refractivity contribution in [2.24, 2.45) is 5.73 Å². The van der Waals surface area contributed by atoms with Crippen molar-refractivity contribution in [3.63, 3.8) is 0 Å². The smallest absolute Gasteiger partial charge is 0.0943 e. The van der Waals surface area contributed by atoms with Gasteiger partial charge in [-0.1, -0.05) is 17.7 Å². The molecule has 0 aliphatic heterocycles. The molecule has 1 aromatic heterocycles. The molecular formula is C14H18N2S2. The van der Waals surface area contributed by atoms with Crippen LogP contribution in [0, 0.1) is 13.8 Å². The van der Waals surface area contributed by atoms with Gasteiger partial charge in [-0.05, 0) is 26.0 Å². The lowest BCUT2D eigenvalue weighted by atomic mass is 10.2. The predicted octanol–water partition coefficient (Wildman–Crippen LogP) is 3.42. The molecule has 0 radical (unpaired) electrons. The number of hydrogen-bond acceptors (Lipinski definition) is 4. The van der Waals surface area contributed by atoms with Crippen LogP contribution in [0.15, 0.2) is 34.5 Å². The van der Waals surface area contributed by atoms with Crippen LogP contribution in [0.2, 0.25) is 0 Å². The van der Waals surface area contributed by atoms with E-state index in [0.717, 1.165) is 22.9 Å². The summed E-state index contributed by atoms with van der Waals surface area (Å²) in [6, 6.07) is 8.71. The summed E-state index contributed by atoms with van der Waals surface area (Å²) in [7, 11) is 0. The van der Waals surface area contributed by atoms with Gasteiger partial charge in [-0.25, -0.2) is 4.98 Å². The second-order valence-corrected chi connectivity index (χ2v) is 6.51. The van der Waals surface area contributed by atoms with E-state index in [0.29, 0.717) is 0 Å². The molecule has 4 heteroatoms. The molecule has 96 valence electrons. The fourth-order valence-electron chi connectivity index (χ4n) is 1.69. The average Bonchev–Trinajstić information content (AvgIpc) is 2.72. The Hall–Kier alpha value is -0.840. The molecule has 0 spiro atoms. The normalized spacial score (nSPS) is 12.6. The van der Waals surface area contributed by atoms with Crippen LogP contribution < -0.4 is 5.73 Å². The Morgan fingerprint density at radius 2 is 2.22 bits per heavy atom. The maximum absolute atomic E-state index is 6.15. The third-order valence-electron chi connectivity index (χ3n) is 2.56. The summed E-state index contributed by atoms with van der Waals surface area (Å²) >= 11 is 3.52. The van der Waals surface area contributed by atoms with Gasteiger partial charge >= 0.3 is 0 Å². The first-order valence-electron chi connectivity index (χ1n) is 5.99. The van der Waals surface area contributed by atoms with Crippen molar-refractivity contribution >= 4 is 23.1 Å². The summed E-state index contributed by atoms with van der Waals surface area (Å²) in [4.78, 5) is 5.74. The van der Waals surface area contributed by atoms with Gasteiger partial charge in [0.2, 0.25) is 0 Å². The quantitative estimate of drug-likeness (QED) is 0.852. The lowest BCUT2D eigenvalue weighted by molar-refractivity contribution is 0.743. The van der Waals surface area contributed by atoms with Gasteiger partial charge in [-0.2, -0.15) is 0 Å². The van der Waals surface area contributed by atoms with Gasteiger partial charge in [-0.3, -0.25) is 0 Å². The van der Waals surface area contributed by atoms with Gasteiger partial charge in [0.05, 0.1) is 5.01 Å². The highest BCUT2D eigenvalue weighted by Crippen LogP contribution is 2.20. The topological polar surface area (TPSA) is 38.9 Å². The summed E-state index contributed by atoms with van der Waals surface area (Å²) in [6.07, 6.45) is 0.872. The second-order valence-electron chi connectivity index (χ2n) is 4.47. The van der Waals surface area contributed by atoms with Gasteiger partial charge in [0.15, 0.2) is 0 Å². The molecule has 18 heavy (non-hydrogen) atoms. The van der Waals surface area contributed by atoms with Crippen LogP contribution in [0.5, 0.6) is 0 Å².